The van der Waals surface area contributed by atoms with Crippen LogP contribution in [-0.4, -0.2) is 38.6 Å². The lowest BCUT2D eigenvalue weighted by Crippen LogP contribution is -2.33. The van der Waals surface area contributed by atoms with Gasteiger partial charge in [-0.3, -0.25) is 0 Å². The van der Waals surface area contributed by atoms with Crippen molar-refractivity contribution in [3.63, 3.8) is 0 Å². The SMILES string of the molecule is CCCN(CCN(C)C)c1ccc(F)cc1C(C)N. The molecule has 3 nitrogen and oxygen atoms in total. The lowest BCUT2D eigenvalue weighted by atomic mass is 10.1. The van der Waals surface area contributed by atoms with Gasteiger partial charge in [-0.25, -0.2) is 4.39 Å². The lowest BCUT2D eigenvalue weighted by Gasteiger charge is -2.29. The fourth-order valence-corrected chi connectivity index (χ4v) is 2.12. The molecule has 2 N–H and O–H groups in total. The van der Waals surface area contributed by atoms with Gasteiger partial charge in [-0.2, -0.15) is 0 Å². The monoisotopic (exact) mass is 267 g/mol. The van der Waals surface area contributed by atoms with Crippen molar-refractivity contribution in [3.05, 3.63) is 29.6 Å². The predicted molar refractivity (Wildman–Crippen MR) is 80.1 cm³/mol. The van der Waals surface area contributed by atoms with Crippen LogP contribution in [0.25, 0.3) is 0 Å². The Hall–Kier alpha value is -1.13. The normalized spacial score (nSPS) is 12.8. The summed E-state index contributed by atoms with van der Waals surface area (Å²) in [6.07, 6.45) is 1.06. The zero-order chi connectivity index (χ0) is 14.4. The van der Waals surface area contributed by atoms with Gasteiger partial charge in [0.15, 0.2) is 0 Å². The van der Waals surface area contributed by atoms with Gasteiger partial charge in [-0.05, 0) is 51.2 Å². The van der Waals surface area contributed by atoms with E-state index in [9.17, 15) is 4.39 Å². The van der Waals surface area contributed by atoms with Crippen LogP contribution in [-0.2, 0) is 0 Å². The van der Waals surface area contributed by atoms with Gasteiger partial charge in [-0.15, -0.1) is 0 Å². The molecule has 0 heterocycles. The second kappa shape index (κ2) is 7.46. The van der Waals surface area contributed by atoms with Crippen LogP contribution < -0.4 is 10.6 Å². The molecule has 0 fully saturated rings. The van der Waals surface area contributed by atoms with Crippen molar-refractivity contribution in [1.29, 1.82) is 0 Å². The van der Waals surface area contributed by atoms with E-state index in [-0.39, 0.29) is 11.9 Å². The smallest absolute Gasteiger partial charge is 0.123 e. The lowest BCUT2D eigenvalue weighted by molar-refractivity contribution is 0.412. The number of nitrogens with two attached hydrogens (primary N) is 1. The van der Waals surface area contributed by atoms with E-state index in [1.54, 1.807) is 6.07 Å². The summed E-state index contributed by atoms with van der Waals surface area (Å²) >= 11 is 0. The van der Waals surface area contributed by atoms with Gasteiger partial charge in [0.2, 0.25) is 0 Å². The number of anilines is 1. The third-order valence-electron chi connectivity index (χ3n) is 3.13. The maximum Gasteiger partial charge on any atom is 0.123 e. The Morgan fingerprint density at radius 2 is 1.89 bits per heavy atom. The minimum atomic E-state index is -0.222. The first-order valence-electron chi connectivity index (χ1n) is 6.90. The number of nitrogens with zero attached hydrogens (tertiary/aromatic N) is 2. The molecule has 1 aromatic rings. The zero-order valence-corrected chi connectivity index (χ0v) is 12.5. The van der Waals surface area contributed by atoms with E-state index in [1.807, 2.05) is 13.0 Å². The van der Waals surface area contributed by atoms with Crippen molar-refractivity contribution < 1.29 is 4.39 Å². The second-order valence-electron chi connectivity index (χ2n) is 5.28. The molecule has 1 unspecified atom stereocenters. The Bertz CT molecular complexity index is 391. The quantitative estimate of drug-likeness (QED) is 0.824. The van der Waals surface area contributed by atoms with Crippen molar-refractivity contribution >= 4 is 5.69 Å². The summed E-state index contributed by atoms with van der Waals surface area (Å²) in [4.78, 5) is 4.44. The topological polar surface area (TPSA) is 32.5 Å². The van der Waals surface area contributed by atoms with Crippen LogP contribution in [0.4, 0.5) is 10.1 Å². The van der Waals surface area contributed by atoms with Crippen LogP contribution >= 0.6 is 0 Å². The summed E-state index contributed by atoms with van der Waals surface area (Å²) in [7, 11) is 4.11. The molecule has 1 atom stereocenters. The number of rotatable bonds is 7. The van der Waals surface area contributed by atoms with Gasteiger partial charge in [0.05, 0.1) is 0 Å². The molecule has 1 rings (SSSR count). The fraction of sp³-hybridized carbons (Fsp3) is 0.600. The minimum absolute atomic E-state index is 0.163. The number of hydrogen-bond donors (Lipinski definition) is 1. The van der Waals surface area contributed by atoms with Crippen molar-refractivity contribution in [2.75, 3.05) is 38.6 Å². The van der Waals surface area contributed by atoms with Crippen LogP contribution in [0.2, 0.25) is 0 Å². The van der Waals surface area contributed by atoms with Crippen LogP contribution in [0, 0.1) is 5.82 Å². The first-order chi connectivity index (χ1) is 8.95. The van der Waals surface area contributed by atoms with E-state index in [4.69, 9.17) is 5.73 Å². The summed E-state index contributed by atoms with van der Waals surface area (Å²) in [5.74, 6) is -0.222. The molecule has 0 aromatic heterocycles. The van der Waals surface area contributed by atoms with Crippen LogP contribution in [0.5, 0.6) is 0 Å². The van der Waals surface area contributed by atoms with E-state index in [0.717, 1.165) is 37.3 Å². The highest BCUT2D eigenvalue weighted by Crippen LogP contribution is 2.26. The van der Waals surface area contributed by atoms with Gasteiger partial charge < -0.3 is 15.5 Å². The van der Waals surface area contributed by atoms with Crippen LogP contribution in [0.3, 0.4) is 0 Å². The summed E-state index contributed by atoms with van der Waals surface area (Å²) in [6.45, 7) is 6.90. The number of halogens is 1. The fourth-order valence-electron chi connectivity index (χ4n) is 2.12. The first-order valence-corrected chi connectivity index (χ1v) is 6.90. The Morgan fingerprint density at radius 3 is 2.42 bits per heavy atom. The molecule has 0 radical (unpaired) electrons. The zero-order valence-electron chi connectivity index (χ0n) is 12.5. The average Bonchev–Trinajstić information content (AvgIpc) is 2.34. The Balaban J connectivity index is 3.00. The molecule has 1 aromatic carbocycles. The molecular formula is C15H26FN3. The largest absolute Gasteiger partial charge is 0.370 e. The van der Waals surface area contributed by atoms with Crippen LogP contribution in [0.15, 0.2) is 18.2 Å². The van der Waals surface area contributed by atoms with Gasteiger partial charge in [0.1, 0.15) is 5.82 Å². The number of benzene rings is 1. The summed E-state index contributed by atoms with van der Waals surface area (Å²) < 4.78 is 13.4. The third-order valence-corrected chi connectivity index (χ3v) is 3.13. The summed E-state index contributed by atoms with van der Waals surface area (Å²) in [6, 6.07) is 4.75. The van der Waals surface area contributed by atoms with E-state index in [0.29, 0.717) is 0 Å². The number of likely N-dealkylation sites (N-methyl/N-ethyl adjacent to an activating group) is 1. The number of hydrogen-bond acceptors (Lipinski definition) is 3. The molecule has 0 saturated carbocycles. The highest BCUT2D eigenvalue weighted by atomic mass is 19.1. The van der Waals surface area contributed by atoms with Crippen LogP contribution in [0.1, 0.15) is 31.9 Å². The van der Waals surface area contributed by atoms with Crippen molar-refractivity contribution in [1.82, 2.24) is 4.90 Å². The predicted octanol–water partition coefficient (Wildman–Crippen LogP) is 2.62. The summed E-state index contributed by atoms with van der Waals surface area (Å²) in [5.41, 5.74) is 7.91. The summed E-state index contributed by atoms with van der Waals surface area (Å²) in [5, 5.41) is 0. The molecule has 0 amide bonds. The van der Waals surface area contributed by atoms with E-state index in [1.165, 1.54) is 6.07 Å². The molecule has 0 saturated heterocycles. The van der Waals surface area contributed by atoms with Crippen molar-refractivity contribution in [2.45, 2.75) is 26.3 Å². The van der Waals surface area contributed by atoms with Gasteiger partial charge >= 0.3 is 0 Å². The third kappa shape index (κ3) is 4.80. The maximum atomic E-state index is 13.4. The molecule has 19 heavy (non-hydrogen) atoms. The Morgan fingerprint density at radius 1 is 1.21 bits per heavy atom. The molecule has 4 heteroatoms. The van der Waals surface area contributed by atoms with Gasteiger partial charge in [-0.1, -0.05) is 6.92 Å². The Kier molecular flexibility index (Phi) is 6.25. The van der Waals surface area contributed by atoms with Gasteiger partial charge in [0, 0.05) is 31.4 Å². The molecule has 108 valence electrons. The average molecular weight is 267 g/mol. The Labute approximate surface area is 116 Å². The van der Waals surface area contributed by atoms with Gasteiger partial charge in [0.25, 0.3) is 0 Å². The van der Waals surface area contributed by atoms with E-state index in [2.05, 4.69) is 30.8 Å². The second-order valence-corrected chi connectivity index (χ2v) is 5.28. The molecular weight excluding hydrogens is 241 g/mol. The molecule has 0 spiro atoms. The maximum absolute atomic E-state index is 13.4. The highest BCUT2D eigenvalue weighted by Gasteiger charge is 2.14. The van der Waals surface area contributed by atoms with E-state index < -0.39 is 0 Å². The molecule has 0 bridgehead atoms. The van der Waals surface area contributed by atoms with E-state index >= 15 is 0 Å². The van der Waals surface area contributed by atoms with Crippen molar-refractivity contribution in [3.8, 4) is 0 Å². The first kappa shape index (κ1) is 15.9. The molecule has 0 aliphatic carbocycles. The molecule has 0 aliphatic rings. The minimum Gasteiger partial charge on any atom is -0.370 e. The highest BCUT2D eigenvalue weighted by molar-refractivity contribution is 5.55. The standard InChI is InChI=1S/C15H26FN3/c1-5-8-19(10-9-18(3)4)15-7-6-13(16)11-14(15)12(2)17/h6-7,11-12H,5,8-10,17H2,1-4H3. The van der Waals surface area contributed by atoms with Crippen molar-refractivity contribution in [2.24, 2.45) is 5.73 Å². The molecule has 0 aliphatic heterocycles.